The quantitative estimate of drug-likeness (QED) is 0.883. The Bertz CT molecular complexity index is 736. The molecule has 1 heterocycles. The van der Waals surface area contributed by atoms with Crippen molar-refractivity contribution < 1.29 is 14.3 Å². The molecule has 8 heteroatoms. The first-order valence-electron chi connectivity index (χ1n) is 8.96. The molecule has 0 atom stereocenters. The highest BCUT2D eigenvalue weighted by atomic mass is 16.5. The number of amides is 1. The summed E-state index contributed by atoms with van der Waals surface area (Å²) in [6, 6.07) is 7.49. The predicted molar refractivity (Wildman–Crippen MR) is 95.2 cm³/mol. The van der Waals surface area contributed by atoms with Crippen molar-refractivity contribution in [2.45, 2.75) is 45.1 Å². The van der Waals surface area contributed by atoms with Gasteiger partial charge in [0.25, 0.3) is 0 Å². The van der Waals surface area contributed by atoms with Crippen LogP contribution < -0.4 is 10.1 Å². The number of nitrogens with one attached hydrogen (secondary N) is 1. The van der Waals surface area contributed by atoms with Crippen LogP contribution in [0.25, 0.3) is 5.69 Å². The van der Waals surface area contributed by atoms with E-state index < -0.39 is 11.6 Å². The standard InChI is InChI=1S/C18H25N5O3/c1-4-26-17(24)19-18(11-9-13(2)10-12-18)16-20-21-22-23(16)14-5-7-15(25-3)8-6-14/h5-8,13H,4,9-12H2,1-3H3,(H,19,24). The lowest BCUT2D eigenvalue weighted by atomic mass is 9.76. The number of rotatable bonds is 5. The summed E-state index contributed by atoms with van der Waals surface area (Å²) in [6.07, 6.45) is 3.07. The lowest BCUT2D eigenvalue weighted by Gasteiger charge is -2.38. The summed E-state index contributed by atoms with van der Waals surface area (Å²) in [7, 11) is 1.62. The first kappa shape index (κ1) is 18.2. The molecule has 1 amide bonds. The minimum Gasteiger partial charge on any atom is -0.497 e. The second-order valence-electron chi connectivity index (χ2n) is 6.72. The molecule has 140 valence electrons. The van der Waals surface area contributed by atoms with Gasteiger partial charge in [-0.25, -0.2) is 4.79 Å². The van der Waals surface area contributed by atoms with Crippen LogP contribution in [0.3, 0.4) is 0 Å². The maximum atomic E-state index is 12.2. The van der Waals surface area contributed by atoms with Crippen molar-refractivity contribution in [3.63, 3.8) is 0 Å². The molecule has 0 aliphatic heterocycles. The minimum atomic E-state index is -0.637. The molecular weight excluding hydrogens is 334 g/mol. The number of ether oxygens (including phenoxy) is 2. The van der Waals surface area contributed by atoms with Gasteiger partial charge in [0.2, 0.25) is 0 Å². The van der Waals surface area contributed by atoms with E-state index in [4.69, 9.17) is 9.47 Å². The Morgan fingerprint density at radius 1 is 1.31 bits per heavy atom. The number of hydrogen-bond acceptors (Lipinski definition) is 6. The zero-order valence-corrected chi connectivity index (χ0v) is 15.4. The zero-order chi connectivity index (χ0) is 18.6. The van der Waals surface area contributed by atoms with E-state index in [-0.39, 0.29) is 0 Å². The van der Waals surface area contributed by atoms with Crippen molar-refractivity contribution in [2.24, 2.45) is 5.92 Å². The van der Waals surface area contributed by atoms with Gasteiger partial charge in [-0.1, -0.05) is 6.92 Å². The molecular formula is C18H25N5O3. The molecule has 3 rings (SSSR count). The Kier molecular flexibility index (Phi) is 5.39. The fourth-order valence-corrected chi connectivity index (χ4v) is 3.40. The van der Waals surface area contributed by atoms with Gasteiger partial charge in [0.15, 0.2) is 5.82 Å². The lowest BCUT2D eigenvalue weighted by molar-refractivity contribution is 0.117. The van der Waals surface area contributed by atoms with Gasteiger partial charge in [0.05, 0.1) is 19.4 Å². The Morgan fingerprint density at radius 3 is 2.62 bits per heavy atom. The summed E-state index contributed by atoms with van der Waals surface area (Å²) in [5.41, 5.74) is 0.178. The molecule has 1 aliphatic carbocycles. The van der Waals surface area contributed by atoms with Crippen molar-refractivity contribution in [1.29, 1.82) is 0 Å². The van der Waals surface area contributed by atoms with Gasteiger partial charge < -0.3 is 14.8 Å². The molecule has 0 bridgehead atoms. The molecule has 1 aliphatic rings. The van der Waals surface area contributed by atoms with E-state index in [9.17, 15) is 4.79 Å². The lowest BCUT2D eigenvalue weighted by Crippen LogP contribution is -2.50. The van der Waals surface area contributed by atoms with Crippen LogP contribution in [0.1, 0.15) is 45.4 Å². The van der Waals surface area contributed by atoms with E-state index in [1.54, 1.807) is 18.7 Å². The molecule has 26 heavy (non-hydrogen) atoms. The van der Waals surface area contributed by atoms with E-state index in [1.807, 2.05) is 24.3 Å². The number of tetrazole rings is 1. The molecule has 0 saturated heterocycles. The van der Waals surface area contributed by atoms with Crippen LogP contribution in [0.4, 0.5) is 4.79 Å². The average Bonchev–Trinajstić information content (AvgIpc) is 3.14. The van der Waals surface area contributed by atoms with E-state index in [2.05, 4.69) is 27.8 Å². The molecule has 8 nitrogen and oxygen atoms in total. The number of aromatic nitrogens is 4. The van der Waals surface area contributed by atoms with Crippen LogP contribution in [0.15, 0.2) is 24.3 Å². The molecule has 2 aromatic rings. The Morgan fingerprint density at radius 2 is 2.00 bits per heavy atom. The normalized spacial score (nSPS) is 22.7. The number of hydrogen-bond donors (Lipinski definition) is 1. The Labute approximate surface area is 152 Å². The second kappa shape index (κ2) is 7.72. The number of nitrogens with zero attached hydrogens (tertiary/aromatic N) is 4. The fourth-order valence-electron chi connectivity index (χ4n) is 3.40. The fraction of sp³-hybridized carbons (Fsp3) is 0.556. The Hall–Kier alpha value is -2.64. The van der Waals surface area contributed by atoms with Crippen LogP contribution in [-0.4, -0.2) is 40.0 Å². The number of methoxy groups -OCH3 is 1. The number of benzene rings is 1. The van der Waals surface area contributed by atoms with Gasteiger partial charge in [-0.15, -0.1) is 5.10 Å². The van der Waals surface area contributed by atoms with Crippen molar-refractivity contribution in [1.82, 2.24) is 25.5 Å². The zero-order valence-electron chi connectivity index (χ0n) is 15.4. The van der Waals surface area contributed by atoms with E-state index in [0.717, 1.165) is 37.1 Å². The average molecular weight is 359 g/mol. The molecule has 0 radical (unpaired) electrons. The summed E-state index contributed by atoms with van der Waals surface area (Å²) in [4.78, 5) is 12.2. The first-order valence-corrected chi connectivity index (χ1v) is 8.96. The van der Waals surface area contributed by atoms with Crippen LogP contribution in [0, 0.1) is 5.92 Å². The summed E-state index contributed by atoms with van der Waals surface area (Å²) in [5.74, 6) is 1.99. The molecule has 1 aromatic heterocycles. The van der Waals surface area contributed by atoms with Gasteiger partial charge >= 0.3 is 6.09 Å². The van der Waals surface area contributed by atoms with Crippen molar-refractivity contribution in [3.05, 3.63) is 30.1 Å². The third kappa shape index (κ3) is 3.63. The largest absolute Gasteiger partial charge is 0.497 e. The van der Waals surface area contributed by atoms with Gasteiger partial charge in [0.1, 0.15) is 11.3 Å². The second-order valence-corrected chi connectivity index (χ2v) is 6.72. The van der Waals surface area contributed by atoms with Crippen molar-refractivity contribution >= 4 is 6.09 Å². The molecule has 0 spiro atoms. The molecule has 1 fully saturated rings. The van der Waals surface area contributed by atoms with Gasteiger partial charge in [-0.3, -0.25) is 0 Å². The third-order valence-corrected chi connectivity index (χ3v) is 4.96. The summed E-state index contributed by atoms with van der Waals surface area (Å²) < 4.78 is 12.0. The predicted octanol–water partition coefficient (Wildman–Crippen LogP) is 2.82. The first-order chi connectivity index (χ1) is 12.6. The summed E-state index contributed by atoms with van der Waals surface area (Å²) in [5, 5.41) is 15.3. The summed E-state index contributed by atoms with van der Waals surface area (Å²) in [6.45, 7) is 4.33. The van der Waals surface area contributed by atoms with Gasteiger partial charge in [-0.05, 0) is 73.2 Å². The van der Waals surface area contributed by atoms with E-state index >= 15 is 0 Å². The van der Waals surface area contributed by atoms with Crippen molar-refractivity contribution in [3.8, 4) is 11.4 Å². The maximum absolute atomic E-state index is 12.2. The SMILES string of the molecule is CCOC(=O)NC1(c2nnnn2-c2ccc(OC)cc2)CCC(C)CC1. The summed E-state index contributed by atoms with van der Waals surface area (Å²) >= 11 is 0. The molecule has 0 unspecified atom stereocenters. The maximum Gasteiger partial charge on any atom is 0.407 e. The van der Waals surface area contributed by atoms with E-state index in [1.165, 1.54) is 0 Å². The molecule has 1 aromatic carbocycles. The highest BCUT2D eigenvalue weighted by molar-refractivity contribution is 5.68. The highest BCUT2D eigenvalue weighted by Crippen LogP contribution is 2.39. The van der Waals surface area contributed by atoms with Crippen LogP contribution in [0.2, 0.25) is 0 Å². The third-order valence-electron chi connectivity index (χ3n) is 4.96. The molecule has 1 saturated carbocycles. The van der Waals surface area contributed by atoms with Crippen LogP contribution in [-0.2, 0) is 10.3 Å². The van der Waals surface area contributed by atoms with Crippen LogP contribution in [0.5, 0.6) is 5.75 Å². The minimum absolute atomic E-state index is 0.321. The monoisotopic (exact) mass is 359 g/mol. The number of carbonyl (C=O) groups is 1. The van der Waals surface area contributed by atoms with E-state index in [0.29, 0.717) is 18.3 Å². The van der Waals surface area contributed by atoms with Gasteiger partial charge in [0, 0.05) is 0 Å². The Balaban J connectivity index is 1.96. The molecule has 1 N–H and O–H groups in total. The van der Waals surface area contributed by atoms with Crippen LogP contribution >= 0.6 is 0 Å². The highest BCUT2D eigenvalue weighted by Gasteiger charge is 2.42. The smallest absolute Gasteiger partial charge is 0.407 e. The topological polar surface area (TPSA) is 91.2 Å². The number of alkyl carbamates (subject to hydrolysis) is 1. The number of carbonyl (C=O) groups excluding carboxylic acids is 1. The van der Waals surface area contributed by atoms with Crippen molar-refractivity contribution in [2.75, 3.05) is 13.7 Å². The van der Waals surface area contributed by atoms with Gasteiger partial charge in [-0.2, -0.15) is 4.68 Å².